The van der Waals surface area contributed by atoms with E-state index in [1.807, 2.05) is 30.3 Å². The molecule has 0 bridgehead atoms. The Kier molecular flexibility index (Phi) is 5.79. The van der Waals surface area contributed by atoms with Crippen molar-refractivity contribution in [1.29, 1.82) is 0 Å². The van der Waals surface area contributed by atoms with Gasteiger partial charge < -0.3 is 15.8 Å². The highest BCUT2D eigenvalue weighted by atomic mass is 16.5. The van der Waals surface area contributed by atoms with Crippen LogP contribution >= 0.6 is 0 Å². The summed E-state index contributed by atoms with van der Waals surface area (Å²) in [5.41, 5.74) is 7.72. The minimum absolute atomic E-state index is 0.147. The van der Waals surface area contributed by atoms with Crippen molar-refractivity contribution in [3.8, 4) is 5.75 Å². The van der Waals surface area contributed by atoms with Crippen molar-refractivity contribution in [2.24, 2.45) is 5.73 Å². The van der Waals surface area contributed by atoms with Gasteiger partial charge in [0.05, 0.1) is 17.7 Å². The number of benzene rings is 2. The molecule has 0 aliphatic heterocycles. The molecule has 136 valence electrons. The molecule has 6 heteroatoms. The number of anilines is 1. The highest BCUT2D eigenvalue weighted by molar-refractivity contribution is 6.05. The van der Waals surface area contributed by atoms with E-state index >= 15 is 0 Å². The molecule has 3 N–H and O–H groups in total. The number of amides is 2. The zero-order valence-corrected chi connectivity index (χ0v) is 14.6. The summed E-state index contributed by atoms with van der Waals surface area (Å²) >= 11 is 0. The summed E-state index contributed by atoms with van der Waals surface area (Å²) < 4.78 is 5.83. The molecule has 0 fully saturated rings. The second kappa shape index (κ2) is 8.62. The van der Waals surface area contributed by atoms with Gasteiger partial charge in [0.1, 0.15) is 12.4 Å². The predicted octanol–water partition coefficient (Wildman–Crippen LogP) is 2.94. The molecule has 1 aromatic heterocycles. The zero-order chi connectivity index (χ0) is 19.1. The van der Waals surface area contributed by atoms with E-state index in [0.29, 0.717) is 12.4 Å². The molecule has 3 rings (SSSR count). The Hall–Kier alpha value is -3.67. The smallest absolute Gasteiger partial charge is 0.250 e. The van der Waals surface area contributed by atoms with Gasteiger partial charge in [0.25, 0.3) is 5.91 Å². The molecule has 0 aliphatic carbocycles. The van der Waals surface area contributed by atoms with Crippen LogP contribution in [0.3, 0.4) is 0 Å². The van der Waals surface area contributed by atoms with Gasteiger partial charge in [0, 0.05) is 12.4 Å². The topological polar surface area (TPSA) is 94.3 Å². The number of aromatic nitrogens is 1. The van der Waals surface area contributed by atoms with Gasteiger partial charge in [-0.15, -0.1) is 0 Å². The number of hydrogen-bond donors (Lipinski definition) is 2. The number of nitrogens with two attached hydrogens (primary N) is 1. The summed E-state index contributed by atoms with van der Waals surface area (Å²) in [6.45, 7) is 0.302. The Labute approximate surface area is 157 Å². The third-order valence-electron chi connectivity index (χ3n) is 3.91. The van der Waals surface area contributed by atoms with Crippen molar-refractivity contribution in [3.63, 3.8) is 0 Å². The summed E-state index contributed by atoms with van der Waals surface area (Å²) in [6, 6.07) is 18.0. The van der Waals surface area contributed by atoms with Crippen LogP contribution in [0.15, 0.2) is 73.1 Å². The number of nitrogens with one attached hydrogen (secondary N) is 1. The first-order valence-electron chi connectivity index (χ1n) is 8.42. The van der Waals surface area contributed by atoms with Gasteiger partial charge in [-0.25, -0.2) is 0 Å². The number of nitrogens with zero attached hydrogens (tertiary/aromatic N) is 1. The van der Waals surface area contributed by atoms with Gasteiger partial charge in [0.2, 0.25) is 5.91 Å². The van der Waals surface area contributed by atoms with Gasteiger partial charge in [-0.1, -0.05) is 36.4 Å². The Balaban J connectivity index is 1.80. The molecule has 6 nitrogen and oxygen atoms in total. The van der Waals surface area contributed by atoms with E-state index < -0.39 is 5.91 Å². The van der Waals surface area contributed by atoms with Gasteiger partial charge in [-0.3, -0.25) is 14.6 Å². The van der Waals surface area contributed by atoms with Crippen LogP contribution in [0.1, 0.15) is 21.5 Å². The molecule has 0 spiro atoms. The number of ether oxygens (including phenoxy) is 1. The molecule has 0 saturated heterocycles. The number of para-hydroxylation sites is 1. The highest BCUT2D eigenvalue weighted by Crippen LogP contribution is 2.29. The molecule has 1 heterocycles. The lowest BCUT2D eigenvalue weighted by Crippen LogP contribution is -2.20. The third kappa shape index (κ3) is 4.92. The average Bonchev–Trinajstić information content (AvgIpc) is 2.68. The van der Waals surface area contributed by atoms with E-state index in [4.69, 9.17) is 10.5 Å². The third-order valence-corrected chi connectivity index (χ3v) is 3.91. The van der Waals surface area contributed by atoms with Crippen LogP contribution in [0.4, 0.5) is 5.69 Å². The second-order valence-corrected chi connectivity index (χ2v) is 5.90. The molecule has 0 radical (unpaired) electrons. The number of rotatable bonds is 7. The Morgan fingerprint density at radius 3 is 2.37 bits per heavy atom. The Bertz CT molecular complexity index is 928. The van der Waals surface area contributed by atoms with Crippen LogP contribution < -0.4 is 15.8 Å². The summed E-state index contributed by atoms with van der Waals surface area (Å²) in [5.74, 6) is -0.530. The normalized spacial score (nSPS) is 10.2. The predicted molar refractivity (Wildman–Crippen MR) is 102 cm³/mol. The highest BCUT2D eigenvalue weighted by Gasteiger charge is 2.16. The number of carbonyl (C=O) groups excluding carboxylic acids is 2. The first-order valence-corrected chi connectivity index (χ1v) is 8.42. The van der Waals surface area contributed by atoms with Crippen molar-refractivity contribution in [2.45, 2.75) is 13.0 Å². The van der Waals surface area contributed by atoms with Crippen LogP contribution in [-0.4, -0.2) is 16.8 Å². The van der Waals surface area contributed by atoms with Gasteiger partial charge in [0.15, 0.2) is 0 Å². The monoisotopic (exact) mass is 361 g/mol. The van der Waals surface area contributed by atoms with Gasteiger partial charge in [-0.2, -0.15) is 0 Å². The van der Waals surface area contributed by atoms with Gasteiger partial charge in [-0.05, 0) is 35.4 Å². The zero-order valence-electron chi connectivity index (χ0n) is 14.6. The van der Waals surface area contributed by atoms with Crippen LogP contribution in [-0.2, 0) is 17.8 Å². The van der Waals surface area contributed by atoms with Crippen LogP contribution in [0, 0.1) is 0 Å². The summed E-state index contributed by atoms with van der Waals surface area (Å²) in [5, 5.41) is 2.76. The average molecular weight is 361 g/mol. The van der Waals surface area contributed by atoms with Crippen molar-refractivity contribution in [2.75, 3.05) is 5.32 Å². The SMILES string of the molecule is NC(=O)c1cccc(OCc2ccccc2)c1NC(=O)Cc1ccncc1. The molecule has 0 atom stereocenters. The number of pyridine rings is 1. The standard InChI is InChI=1S/C21H19N3O3/c22-21(26)17-7-4-8-18(27-14-16-5-2-1-3-6-16)20(17)24-19(25)13-15-9-11-23-12-10-15/h1-12H,13-14H2,(H2,22,26)(H,24,25). The minimum Gasteiger partial charge on any atom is -0.487 e. The van der Waals surface area contributed by atoms with Crippen molar-refractivity contribution in [1.82, 2.24) is 4.98 Å². The lowest BCUT2D eigenvalue weighted by atomic mass is 10.1. The van der Waals surface area contributed by atoms with Crippen molar-refractivity contribution < 1.29 is 14.3 Å². The van der Waals surface area contributed by atoms with Crippen LogP contribution in [0.5, 0.6) is 5.75 Å². The number of hydrogen-bond acceptors (Lipinski definition) is 4. The fourth-order valence-corrected chi connectivity index (χ4v) is 2.59. The molecule has 2 amide bonds. The summed E-state index contributed by atoms with van der Waals surface area (Å²) in [4.78, 5) is 28.2. The molecule has 3 aromatic rings. The number of primary amides is 1. The van der Waals surface area contributed by atoms with E-state index in [2.05, 4.69) is 10.3 Å². The van der Waals surface area contributed by atoms with Gasteiger partial charge >= 0.3 is 0 Å². The molecular weight excluding hydrogens is 342 g/mol. The van der Waals surface area contributed by atoms with Crippen LogP contribution in [0.25, 0.3) is 0 Å². The minimum atomic E-state index is -0.639. The molecular formula is C21H19N3O3. The lowest BCUT2D eigenvalue weighted by Gasteiger charge is -2.15. The molecule has 0 aliphatic rings. The van der Waals surface area contributed by atoms with E-state index in [9.17, 15) is 9.59 Å². The maximum atomic E-state index is 12.4. The Morgan fingerprint density at radius 1 is 0.926 bits per heavy atom. The second-order valence-electron chi connectivity index (χ2n) is 5.90. The fraction of sp³-hybridized carbons (Fsp3) is 0.0952. The number of carbonyl (C=O) groups is 2. The van der Waals surface area contributed by atoms with E-state index in [0.717, 1.165) is 11.1 Å². The Morgan fingerprint density at radius 2 is 1.67 bits per heavy atom. The van der Waals surface area contributed by atoms with E-state index in [1.165, 1.54) is 0 Å². The maximum absolute atomic E-state index is 12.4. The summed E-state index contributed by atoms with van der Waals surface area (Å²) in [7, 11) is 0. The summed E-state index contributed by atoms with van der Waals surface area (Å²) in [6.07, 6.45) is 3.39. The van der Waals surface area contributed by atoms with E-state index in [-0.39, 0.29) is 23.6 Å². The maximum Gasteiger partial charge on any atom is 0.250 e. The first kappa shape index (κ1) is 18.1. The largest absolute Gasteiger partial charge is 0.487 e. The van der Waals surface area contributed by atoms with E-state index in [1.54, 1.807) is 42.7 Å². The quantitative estimate of drug-likeness (QED) is 0.676. The molecule has 2 aromatic carbocycles. The first-order chi connectivity index (χ1) is 13.1. The molecule has 0 unspecified atom stereocenters. The van der Waals surface area contributed by atoms with Crippen LogP contribution in [0.2, 0.25) is 0 Å². The lowest BCUT2D eigenvalue weighted by molar-refractivity contribution is -0.115. The molecule has 27 heavy (non-hydrogen) atoms. The molecule has 0 saturated carbocycles. The fourth-order valence-electron chi connectivity index (χ4n) is 2.59. The van der Waals surface area contributed by atoms with Crippen molar-refractivity contribution in [3.05, 3.63) is 89.7 Å². The van der Waals surface area contributed by atoms with Crippen molar-refractivity contribution >= 4 is 17.5 Å².